The van der Waals surface area contributed by atoms with Gasteiger partial charge in [0.2, 0.25) is 11.7 Å². The summed E-state index contributed by atoms with van der Waals surface area (Å²) in [5.41, 5.74) is 7.62. The molecule has 0 bridgehead atoms. The number of hydrogen-bond donors (Lipinski definition) is 1. The molecule has 2 N–H and O–H groups in total. The van der Waals surface area contributed by atoms with Crippen LogP contribution in [0.25, 0.3) is 11.4 Å². The highest BCUT2D eigenvalue weighted by Gasteiger charge is 2.08. The number of rotatable bonds is 6. The van der Waals surface area contributed by atoms with E-state index in [9.17, 15) is 0 Å². The molecule has 1 heterocycles. The minimum Gasteiger partial charge on any atom is -0.338 e. The molecule has 2 aromatic rings. The molecule has 0 radical (unpaired) electrons. The van der Waals surface area contributed by atoms with Gasteiger partial charge in [-0.15, -0.1) is 0 Å². The first-order chi connectivity index (χ1) is 8.83. The van der Waals surface area contributed by atoms with Crippen LogP contribution in [0.2, 0.25) is 0 Å². The van der Waals surface area contributed by atoms with Crippen molar-refractivity contribution in [1.29, 1.82) is 0 Å². The average molecular weight is 263 g/mol. The Labute approximate surface area is 111 Å². The Bertz CT molecular complexity index is 481. The predicted octanol–water partition coefficient (Wildman–Crippen LogP) is 2.84. The molecule has 1 aromatic carbocycles. The van der Waals surface area contributed by atoms with Crippen molar-refractivity contribution >= 4 is 11.8 Å². The molecule has 2 rings (SSSR count). The molecule has 0 saturated carbocycles. The van der Waals surface area contributed by atoms with Gasteiger partial charge < -0.3 is 10.3 Å². The lowest BCUT2D eigenvalue weighted by Crippen LogP contribution is -1.95. The summed E-state index contributed by atoms with van der Waals surface area (Å²) in [5.74, 6) is 3.22. The van der Waals surface area contributed by atoms with Gasteiger partial charge in [-0.25, -0.2) is 0 Å². The maximum Gasteiger partial charge on any atom is 0.236 e. The summed E-state index contributed by atoms with van der Waals surface area (Å²) in [4.78, 5) is 4.38. The first kappa shape index (κ1) is 13.1. The van der Waals surface area contributed by atoms with Gasteiger partial charge in [-0.1, -0.05) is 36.3 Å². The van der Waals surface area contributed by atoms with E-state index in [0.29, 0.717) is 18.3 Å². The lowest BCUT2D eigenvalue weighted by Gasteiger charge is -1.97. The maximum atomic E-state index is 5.56. The number of nitrogens with two attached hydrogens (primary N) is 1. The second-order valence-electron chi connectivity index (χ2n) is 3.97. The number of benzene rings is 1. The quantitative estimate of drug-likeness (QED) is 0.812. The first-order valence-electron chi connectivity index (χ1n) is 6.03. The smallest absolute Gasteiger partial charge is 0.236 e. The maximum absolute atomic E-state index is 5.56. The Morgan fingerprint density at radius 1 is 1.28 bits per heavy atom. The summed E-state index contributed by atoms with van der Waals surface area (Å²) in [6.07, 6.45) is 1.16. The number of hydrogen-bond acceptors (Lipinski definition) is 5. The molecular weight excluding hydrogens is 246 g/mol. The van der Waals surface area contributed by atoms with Crippen LogP contribution in [0.1, 0.15) is 24.8 Å². The average Bonchev–Trinajstić information content (AvgIpc) is 2.88. The molecule has 0 aliphatic rings. The fraction of sp³-hybridized carbons (Fsp3) is 0.385. The van der Waals surface area contributed by atoms with E-state index in [0.717, 1.165) is 29.1 Å². The fourth-order valence-corrected chi connectivity index (χ4v) is 2.25. The van der Waals surface area contributed by atoms with Gasteiger partial charge in [0.1, 0.15) is 0 Å². The van der Waals surface area contributed by atoms with Crippen molar-refractivity contribution < 1.29 is 4.52 Å². The minimum atomic E-state index is 0.547. The van der Waals surface area contributed by atoms with Crippen LogP contribution in [0.5, 0.6) is 0 Å². The van der Waals surface area contributed by atoms with E-state index >= 15 is 0 Å². The number of aromatic nitrogens is 2. The first-order valence-corrected chi connectivity index (χ1v) is 7.18. The van der Waals surface area contributed by atoms with Gasteiger partial charge in [0.05, 0.1) is 5.75 Å². The Morgan fingerprint density at radius 3 is 2.72 bits per heavy atom. The van der Waals surface area contributed by atoms with Crippen LogP contribution in [0.4, 0.5) is 0 Å². The van der Waals surface area contributed by atoms with Gasteiger partial charge in [-0.3, -0.25) is 0 Å². The largest absolute Gasteiger partial charge is 0.338 e. The Morgan fingerprint density at radius 2 is 2.06 bits per heavy atom. The highest BCUT2D eigenvalue weighted by Crippen LogP contribution is 2.18. The van der Waals surface area contributed by atoms with E-state index in [4.69, 9.17) is 10.3 Å². The summed E-state index contributed by atoms with van der Waals surface area (Å²) in [6.45, 7) is 2.71. The van der Waals surface area contributed by atoms with E-state index < -0.39 is 0 Å². The third kappa shape index (κ3) is 3.34. The van der Waals surface area contributed by atoms with Crippen molar-refractivity contribution in [3.8, 4) is 11.4 Å². The van der Waals surface area contributed by atoms with Gasteiger partial charge in [0.25, 0.3) is 0 Å². The summed E-state index contributed by atoms with van der Waals surface area (Å²) < 4.78 is 5.22. The van der Waals surface area contributed by atoms with E-state index in [1.54, 1.807) is 0 Å². The van der Waals surface area contributed by atoms with Crippen LogP contribution in [0.3, 0.4) is 0 Å². The van der Waals surface area contributed by atoms with Crippen LogP contribution < -0.4 is 5.73 Å². The number of nitrogens with zero attached hydrogens (tertiary/aromatic N) is 2. The van der Waals surface area contributed by atoms with E-state index in [2.05, 4.69) is 17.1 Å². The Hall–Kier alpha value is -1.33. The minimum absolute atomic E-state index is 0.547. The second kappa shape index (κ2) is 6.56. The zero-order chi connectivity index (χ0) is 12.8. The molecular formula is C13H17N3OS. The second-order valence-corrected chi connectivity index (χ2v) is 5.07. The standard InChI is InChI=1S/C13H17N3OS/c1-2-7-18-9-12-15-13(16-17-12)11-5-3-10(8-14)4-6-11/h3-6H,2,7-9,14H2,1H3. The van der Waals surface area contributed by atoms with Crippen LogP contribution in [-0.4, -0.2) is 15.9 Å². The van der Waals surface area contributed by atoms with Gasteiger partial charge in [0.15, 0.2) is 0 Å². The van der Waals surface area contributed by atoms with Gasteiger partial charge >= 0.3 is 0 Å². The Balaban J connectivity index is 2.04. The van der Waals surface area contributed by atoms with Crippen molar-refractivity contribution in [2.45, 2.75) is 25.6 Å². The summed E-state index contributed by atoms with van der Waals surface area (Å²) in [6, 6.07) is 7.90. The topological polar surface area (TPSA) is 64.9 Å². The number of thioether (sulfide) groups is 1. The molecule has 0 unspecified atom stereocenters. The van der Waals surface area contributed by atoms with E-state index in [-0.39, 0.29) is 0 Å². The molecule has 0 saturated heterocycles. The molecule has 0 amide bonds. The molecule has 0 aliphatic carbocycles. The molecule has 0 fully saturated rings. The summed E-state index contributed by atoms with van der Waals surface area (Å²) >= 11 is 1.81. The fourth-order valence-electron chi connectivity index (χ4n) is 1.52. The molecule has 18 heavy (non-hydrogen) atoms. The lowest BCUT2D eigenvalue weighted by molar-refractivity contribution is 0.391. The summed E-state index contributed by atoms with van der Waals surface area (Å²) in [5, 5.41) is 3.99. The van der Waals surface area contributed by atoms with Crippen molar-refractivity contribution in [3.63, 3.8) is 0 Å². The van der Waals surface area contributed by atoms with Crippen molar-refractivity contribution in [2.75, 3.05) is 5.75 Å². The molecule has 0 aliphatic heterocycles. The molecule has 0 spiro atoms. The lowest BCUT2D eigenvalue weighted by atomic mass is 10.1. The van der Waals surface area contributed by atoms with E-state index in [1.807, 2.05) is 36.0 Å². The van der Waals surface area contributed by atoms with Crippen molar-refractivity contribution in [3.05, 3.63) is 35.7 Å². The molecule has 96 valence electrons. The van der Waals surface area contributed by atoms with Gasteiger partial charge in [0, 0.05) is 12.1 Å². The third-order valence-electron chi connectivity index (χ3n) is 2.49. The zero-order valence-electron chi connectivity index (χ0n) is 10.4. The highest BCUT2D eigenvalue weighted by molar-refractivity contribution is 7.98. The molecule has 5 heteroatoms. The predicted molar refractivity (Wildman–Crippen MR) is 74.1 cm³/mol. The van der Waals surface area contributed by atoms with Crippen LogP contribution in [0.15, 0.2) is 28.8 Å². The summed E-state index contributed by atoms with van der Waals surface area (Å²) in [7, 11) is 0. The molecule has 4 nitrogen and oxygen atoms in total. The Kier molecular flexibility index (Phi) is 4.78. The monoisotopic (exact) mass is 263 g/mol. The van der Waals surface area contributed by atoms with Crippen molar-refractivity contribution in [2.24, 2.45) is 5.73 Å². The molecule has 0 atom stereocenters. The van der Waals surface area contributed by atoms with Crippen LogP contribution >= 0.6 is 11.8 Å². The van der Waals surface area contributed by atoms with Gasteiger partial charge in [-0.2, -0.15) is 16.7 Å². The van der Waals surface area contributed by atoms with E-state index in [1.165, 1.54) is 0 Å². The van der Waals surface area contributed by atoms with Gasteiger partial charge in [-0.05, 0) is 17.7 Å². The van der Waals surface area contributed by atoms with Crippen LogP contribution in [0, 0.1) is 0 Å². The van der Waals surface area contributed by atoms with Crippen molar-refractivity contribution in [1.82, 2.24) is 10.1 Å². The zero-order valence-corrected chi connectivity index (χ0v) is 11.2. The van der Waals surface area contributed by atoms with Crippen LogP contribution in [-0.2, 0) is 12.3 Å². The third-order valence-corrected chi connectivity index (χ3v) is 3.64. The SMILES string of the molecule is CCCSCc1nc(-c2ccc(CN)cc2)no1. The molecule has 1 aromatic heterocycles. The highest BCUT2D eigenvalue weighted by atomic mass is 32.2. The normalized spacial score (nSPS) is 10.8.